The van der Waals surface area contributed by atoms with E-state index in [0.717, 1.165) is 58.8 Å². The lowest BCUT2D eigenvalue weighted by Crippen LogP contribution is -2.44. The molecule has 0 bridgehead atoms. The summed E-state index contributed by atoms with van der Waals surface area (Å²) < 4.78 is 5.69. The number of anilines is 1. The third kappa shape index (κ3) is 5.37. The number of methoxy groups -OCH3 is 1. The SMILES string of the molecule is CNc1ccc(-c2ccc(OC)c(CN(C(=O)c3cccs3)C3CCC(NC)CC3)c2)cn1. The quantitative estimate of drug-likeness (QED) is 0.489. The van der Waals surface area contributed by atoms with Gasteiger partial charge in [0.2, 0.25) is 0 Å². The molecule has 0 aliphatic heterocycles. The molecule has 6 nitrogen and oxygen atoms in total. The summed E-state index contributed by atoms with van der Waals surface area (Å²) in [4.78, 5) is 20.8. The van der Waals surface area contributed by atoms with E-state index in [2.05, 4.69) is 32.7 Å². The van der Waals surface area contributed by atoms with Crippen LogP contribution in [0.5, 0.6) is 5.75 Å². The third-order valence-electron chi connectivity index (χ3n) is 6.51. The van der Waals surface area contributed by atoms with Crippen molar-refractivity contribution in [3.8, 4) is 16.9 Å². The largest absolute Gasteiger partial charge is 0.496 e. The maximum Gasteiger partial charge on any atom is 0.264 e. The smallest absolute Gasteiger partial charge is 0.264 e. The topological polar surface area (TPSA) is 66.5 Å². The van der Waals surface area contributed by atoms with Crippen LogP contribution in [0.15, 0.2) is 54.0 Å². The van der Waals surface area contributed by atoms with Crippen molar-refractivity contribution in [2.24, 2.45) is 0 Å². The molecule has 2 heterocycles. The predicted molar refractivity (Wildman–Crippen MR) is 135 cm³/mol. The summed E-state index contributed by atoms with van der Waals surface area (Å²) in [6.07, 6.45) is 6.02. The van der Waals surface area contributed by atoms with E-state index in [1.54, 1.807) is 7.11 Å². The van der Waals surface area contributed by atoms with Crippen LogP contribution < -0.4 is 15.4 Å². The maximum absolute atomic E-state index is 13.5. The Kier molecular flexibility index (Phi) is 7.62. The van der Waals surface area contributed by atoms with Crippen molar-refractivity contribution in [1.29, 1.82) is 0 Å². The van der Waals surface area contributed by atoms with E-state index in [9.17, 15) is 4.79 Å². The van der Waals surface area contributed by atoms with Gasteiger partial charge in [0.05, 0.1) is 12.0 Å². The summed E-state index contributed by atoms with van der Waals surface area (Å²) in [7, 11) is 5.57. The van der Waals surface area contributed by atoms with Crippen LogP contribution in [-0.2, 0) is 6.54 Å². The lowest BCUT2D eigenvalue weighted by atomic mass is 9.89. The number of ether oxygens (including phenoxy) is 1. The van der Waals surface area contributed by atoms with E-state index in [4.69, 9.17) is 4.74 Å². The molecule has 174 valence electrons. The number of carbonyl (C=O) groups is 1. The number of hydrogen-bond donors (Lipinski definition) is 2. The van der Waals surface area contributed by atoms with Gasteiger partial charge in [-0.15, -0.1) is 11.3 Å². The van der Waals surface area contributed by atoms with Gasteiger partial charge in [0.1, 0.15) is 11.6 Å². The van der Waals surface area contributed by atoms with E-state index in [1.807, 2.05) is 56.0 Å². The van der Waals surface area contributed by atoms with Gasteiger partial charge in [-0.3, -0.25) is 4.79 Å². The van der Waals surface area contributed by atoms with Crippen LogP contribution in [0, 0.1) is 0 Å². The van der Waals surface area contributed by atoms with Crippen LogP contribution in [0.1, 0.15) is 40.9 Å². The van der Waals surface area contributed by atoms with Crippen LogP contribution in [0.2, 0.25) is 0 Å². The van der Waals surface area contributed by atoms with Gasteiger partial charge in [-0.05, 0) is 74.0 Å². The van der Waals surface area contributed by atoms with Crippen molar-refractivity contribution < 1.29 is 9.53 Å². The van der Waals surface area contributed by atoms with Crippen molar-refractivity contribution in [2.75, 3.05) is 26.5 Å². The molecule has 1 aliphatic carbocycles. The first-order valence-electron chi connectivity index (χ1n) is 11.5. The number of aromatic nitrogens is 1. The predicted octanol–water partition coefficient (Wildman–Crippen LogP) is 5.03. The molecule has 0 radical (unpaired) electrons. The molecule has 4 rings (SSSR count). The van der Waals surface area contributed by atoms with E-state index < -0.39 is 0 Å². The molecule has 7 heteroatoms. The van der Waals surface area contributed by atoms with Gasteiger partial charge in [-0.25, -0.2) is 4.98 Å². The van der Waals surface area contributed by atoms with Crippen LogP contribution in [-0.4, -0.2) is 49.1 Å². The number of benzene rings is 1. The molecule has 1 fully saturated rings. The molecule has 2 aromatic heterocycles. The monoisotopic (exact) mass is 464 g/mol. The molecule has 0 saturated heterocycles. The fourth-order valence-corrected chi connectivity index (χ4v) is 5.24. The van der Waals surface area contributed by atoms with Crippen molar-refractivity contribution in [1.82, 2.24) is 15.2 Å². The molecule has 1 aromatic carbocycles. The zero-order valence-corrected chi connectivity index (χ0v) is 20.3. The highest BCUT2D eigenvalue weighted by atomic mass is 32.1. The average molecular weight is 465 g/mol. The Bertz CT molecular complexity index is 1040. The first-order chi connectivity index (χ1) is 16.1. The highest BCUT2D eigenvalue weighted by molar-refractivity contribution is 7.12. The zero-order chi connectivity index (χ0) is 23.2. The van der Waals surface area contributed by atoms with Gasteiger partial charge in [-0.2, -0.15) is 0 Å². The van der Waals surface area contributed by atoms with E-state index >= 15 is 0 Å². The fourth-order valence-electron chi connectivity index (χ4n) is 4.56. The number of nitrogens with zero attached hydrogens (tertiary/aromatic N) is 2. The molecular weight excluding hydrogens is 432 g/mol. The molecule has 2 N–H and O–H groups in total. The van der Waals surface area contributed by atoms with Crippen molar-refractivity contribution in [3.63, 3.8) is 0 Å². The second-order valence-corrected chi connectivity index (χ2v) is 9.36. The van der Waals surface area contributed by atoms with E-state index in [0.29, 0.717) is 12.6 Å². The van der Waals surface area contributed by atoms with Gasteiger partial charge in [0.15, 0.2) is 0 Å². The van der Waals surface area contributed by atoms with E-state index in [1.165, 1.54) is 11.3 Å². The lowest BCUT2D eigenvalue weighted by Gasteiger charge is -2.37. The second kappa shape index (κ2) is 10.8. The van der Waals surface area contributed by atoms with Crippen molar-refractivity contribution in [3.05, 3.63) is 64.5 Å². The molecule has 0 spiro atoms. The highest BCUT2D eigenvalue weighted by Gasteiger charge is 2.30. The maximum atomic E-state index is 13.5. The number of carbonyl (C=O) groups excluding carboxylic acids is 1. The van der Waals surface area contributed by atoms with Crippen LogP contribution >= 0.6 is 11.3 Å². The Morgan fingerprint density at radius 3 is 2.52 bits per heavy atom. The summed E-state index contributed by atoms with van der Waals surface area (Å²) in [5, 5.41) is 8.41. The third-order valence-corrected chi connectivity index (χ3v) is 7.37. The number of hydrogen-bond acceptors (Lipinski definition) is 6. The zero-order valence-electron chi connectivity index (χ0n) is 19.5. The van der Waals surface area contributed by atoms with Crippen LogP contribution in [0.25, 0.3) is 11.1 Å². The van der Waals surface area contributed by atoms with Gasteiger partial charge in [-0.1, -0.05) is 12.1 Å². The summed E-state index contributed by atoms with van der Waals surface area (Å²) in [6, 6.07) is 14.8. The van der Waals surface area contributed by atoms with Gasteiger partial charge in [0, 0.05) is 43.0 Å². The summed E-state index contributed by atoms with van der Waals surface area (Å²) in [5.41, 5.74) is 3.10. The Morgan fingerprint density at radius 2 is 1.91 bits per heavy atom. The van der Waals surface area contributed by atoms with Crippen molar-refractivity contribution in [2.45, 2.75) is 44.3 Å². The number of nitrogens with one attached hydrogen (secondary N) is 2. The number of amides is 1. The van der Waals surface area contributed by atoms with Crippen LogP contribution in [0.3, 0.4) is 0 Å². The van der Waals surface area contributed by atoms with Gasteiger partial charge >= 0.3 is 0 Å². The first-order valence-corrected chi connectivity index (χ1v) is 12.3. The molecule has 33 heavy (non-hydrogen) atoms. The minimum atomic E-state index is 0.102. The molecule has 1 aliphatic rings. The first kappa shape index (κ1) is 23.3. The summed E-state index contributed by atoms with van der Waals surface area (Å²) in [5.74, 6) is 1.73. The summed E-state index contributed by atoms with van der Waals surface area (Å²) >= 11 is 1.50. The normalized spacial score (nSPS) is 18.0. The van der Waals surface area contributed by atoms with Crippen molar-refractivity contribution >= 4 is 23.1 Å². The molecular formula is C26H32N4O2S. The Hall–Kier alpha value is -2.90. The second-order valence-electron chi connectivity index (χ2n) is 8.41. The molecule has 1 amide bonds. The summed E-state index contributed by atoms with van der Waals surface area (Å²) in [6.45, 7) is 0.519. The standard InChI is InChI=1S/C26H32N4O2S/c1-27-21-8-10-22(11-9-21)30(26(31)24-5-4-14-33-24)17-20-15-18(6-12-23(20)32-3)19-7-13-25(28-2)29-16-19/h4-7,12-16,21-22,27H,8-11,17H2,1-3H3,(H,28,29). The molecule has 0 unspecified atom stereocenters. The highest BCUT2D eigenvalue weighted by Crippen LogP contribution is 2.32. The molecule has 3 aromatic rings. The van der Waals surface area contributed by atoms with Gasteiger partial charge < -0.3 is 20.3 Å². The van der Waals surface area contributed by atoms with E-state index in [-0.39, 0.29) is 11.9 Å². The van der Waals surface area contributed by atoms with Gasteiger partial charge in [0.25, 0.3) is 5.91 Å². The average Bonchev–Trinajstić information content (AvgIpc) is 3.42. The molecule has 1 saturated carbocycles. The minimum Gasteiger partial charge on any atom is -0.496 e. The number of pyridine rings is 1. The Labute approximate surface area is 200 Å². The number of thiophene rings is 1. The minimum absolute atomic E-state index is 0.102. The lowest BCUT2D eigenvalue weighted by molar-refractivity contribution is 0.0604. The molecule has 0 atom stereocenters. The fraction of sp³-hybridized carbons (Fsp3) is 0.385. The Morgan fingerprint density at radius 1 is 1.12 bits per heavy atom. The number of rotatable bonds is 8. The van der Waals surface area contributed by atoms with Crippen LogP contribution in [0.4, 0.5) is 5.82 Å². The Balaban J connectivity index is 1.64.